The summed E-state index contributed by atoms with van der Waals surface area (Å²) in [6, 6.07) is 9.39. The third-order valence-corrected chi connectivity index (χ3v) is 4.54. The van der Waals surface area contributed by atoms with E-state index in [1.165, 1.54) is 30.4 Å². The molecule has 136 valence electrons. The van der Waals surface area contributed by atoms with Crippen molar-refractivity contribution < 1.29 is 22.7 Å². The third kappa shape index (κ3) is 5.05. The highest BCUT2D eigenvalue weighted by Crippen LogP contribution is 2.23. The molecule has 1 amide bonds. The van der Waals surface area contributed by atoms with Crippen LogP contribution in [0.5, 0.6) is 0 Å². The summed E-state index contributed by atoms with van der Waals surface area (Å²) < 4.78 is 30.1. The SMILES string of the molecule is C[C@H](OC(=O)c1ccccc1NS(C)(=O)=O)C(=O)Nc1sccc1C#N. The van der Waals surface area contributed by atoms with Gasteiger partial charge in [0.15, 0.2) is 6.10 Å². The summed E-state index contributed by atoms with van der Waals surface area (Å²) in [7, 11) is -3.59. The molecule has 0 saturated carbocycles. The quantitative estimate of drug-likeness (QED) is 0.725. The van der Waals surface area contributed by atoms with Crippen LogP contribution in [0, 0.1) is 11.3 Å². The Bertz CT molecular complexity index is 976. The van der Waals surface area contributed by atoms with Gasteiger partial charge in [-0.2, -0.15) is 5.26 Å². The average molecular weight is 393 g/mol. The van der Waals surface area contributed by atoms with Gasteiger partial charge in [-0.3, -0.25) is 9.52 Å². The zero-order valence-corrected chi connectivity index (χ0v) is 15.5. The molecule has 8 nitrogen and oxygen atoms in total. The molecule has 0 aliphatic heterocycles. The number of thiophene rings is 1. The van der Waals surface area contributed by atoms with Gasteiger partial charge < -0.3 is 10.1 Å². The molecule has 0 saturated heterocycles. The number of hydrogen-bond acceptors (Lipinski definition) is 7. The molecule has 0 aliphatic rings. The van der Waals surface area contributed by atoms with Gasteiger partial charge in [-0.25, -0.2) is 13.2 Å². The maximum absolute atomic E-state index is 12.3. The summed E-state index contributed by atoms with van der Waals surface area (Å²) in [5, 5.41) is 13.5. The van der Waals surface area contributed by atoms with Crippen LogP contribution in [0.3, 0.4) is 0 Å². The van der Waals surface area contributed by atoms with Crippen LogP contribution in [-0.2, 0) is 19.6 Å². The lowest BCUT2D eigenvalue weighted by Crippen LogP contribution is -2.30. The maximum Gasteiger partial charge on any atom is 0.341 e. The number of amides is 1. The highest BCUT2D eigenvalue weighted by atomic mass is 32.2. The van der Waals surface area contributed by atoms with Crippen molar-refractivity contribution in [1.29, 1.82) is 5.26 Å². The van der Waals surface area contributed by atoms with E-state index in [2.05, 4.69) is 10.0 Å². The normalized spacial score (nSPS) is 11.9. The Balaban J connectivity index is 2.10. The first-order chi connectivity index (χ1) is 12.2. The second kappa shape index (κ2) is 7.99. The number of esters is 1. The van der Waals surface area contributed by atoms with Gasteiger partial charge in [0.1, 0.15) is 11.1 Å². The molecular formula is C16H15N3O5S2. The van der Waals surface area contributed by atoms with Gasteiger partial charge in [-0.1, -0.05) is 12.1 Å². The molecule has 1 heterocycles. The number of hydrogen-bond donors (Lipinski definition) is 2. The maximum atomic E-state index is 12.3. The highest BCUT2D eigenvalue weighted by Gasteiger charge is 2.22. The van der Waals surface area contributed by atoms with Crippen LogP contribution in [0.4, 0.5) is 10.7 Å². The van der Waals surface area contributed by atoms with Crippen LogP contribution >= 0.6 is 11.3 Å². The molecule has 2 aromatic rings. The van der Waals surface area contributed by atoms with Crippen LogP contribution in [-0.4, -0.2) is 32.7 Å². The number of carbonyl (C=O) groups excluding carboxylic acids is 2. The molecular weight excluding hydrogens is 378 g/mol. The lowest BCUT2D eigenvalue weighted by Gasteiger charge is -2.15. The first-order valence-corrected chi connectivity index (χ1v) is 10.0. The standard InChI is InChI=1S/C16H15N3O5S2/c1-10(14(20)18-15-11(9-17)7-8-25-15)24-16(21)12-5-3-4-6-13(12)19-26(2,22)23/h3-8,10,19H,1-2H3,(H,18,20)/t10-/m0/s1. The molecule has 1 aromatic carbocycles. The second-order valence-electron chi connectivity index (χ2n) is 5.23. The van der Waals surface area contributed by atoms with Crippen LogP contribution in [0.1, 0.15) is 22.8 Å². The number of anilines is 2. The Morgan fingerprint density at radius 1 is 1.27 bits per heavy atom. The molecule has 2 rings (SSSR count). The Morgan fingerprint density at radius 3 is 2.62 bits per heavy atom. The Labute approximate surface area is 154 Å². The topological polar surface area (TPSA) is 125 Å². The van der Waals surface area contributed by atoms with E-state index in [9.17, 15) is 18.0 Å². The number of sulfonamides is 1. The minimum absolute atomic E-state index is 0.0218. The van der Waals surface area contributed by atoms with E-state index in [0.717, 1.165) is 6.26 Å². The van der Waals surface area contributed by atoms with Crippen LogP contribution < -0.4 is 10.0 Å². The molecule has 0 radical (unpaired) electrons. The molecule has 0 spiro atoms. The summed E-state index contributed by atoms with van der Waals surface area (Å²) >= 11 is 1.17. The minimum Gasteiger partial charge on any atom is -0.449 e. The van der Waals surface area contributed by atoms with E-state index in [1.807, 2.05) is 6.07 Å². The number of rotatable bonds is 6. The van der Waals surface area contributed by atoms with E-state index in [1.54, 1.807) is 23.6 Å². The first kappa shape index (κ1) is 19.4. The number of ether oxygens (including phenoxy) is 1. The summed E-state index contributed by atoms with van der Waals surface area (Å²) in [6.07, 6.45) is -0.193. The van der Waals surface area contributed by atoms with E-state index in [-0.39, 0.29) is 11.3 Å². The summed E-state index contributed by atoms with van der Waals surface area (Å²) in [5.41, 5.74) is 0.341. The van der Waals surface area contributed by atoms with Crippen molar-refractivity contribution in [2.75, 3.05) is 16.3 Å². The molecule has 1 aromatic heterocycles. The Morgan fingerprint density at radius 2 is 1.96 bits per heavy atom. The molecule has 26 heavy (non-hydrogen) atoms. The predicted octanol–water partition coefficient (Wildman–Crippen LogP) is 2.18. The molecule has 0 bridgehead atoms. The average Bonchev–Trinajstić information content (AvgIpc) is 3.00. The van der Waals surface area contributed by atoms with Crippen molar-refractivity contribution in [3.8, 4) is 6.07 Å². The molecule has 10 heteroatoms. The van der Waals surface area contributed by atoms with Gasteiger partial charge in [0.25, 0.3) is 5.91 Å². The first-order valence-electron chi connectivity index (χ1n) is 7.27. The summed E-state index contributed by atoms with van der Waals surface area (Å²) in [5.74, 6) is -1.46. The van der Waals surface area contributed by atoms with E-state index < -0.39 is 28.0 Å². The van der Waals surface area contributed by atoms with E-state index in [4.69, 9.17) is 10.00 Å². The summed E-state index contributed by atoms with van der Waals surface area (Å²) in [6.45, 7) is 1.37. The van der Waals surface area contributed by atoms with Gasteiger partial charge in [0, 0.05) is 0 Å². The number of para-hydroxylation sites is 1. The predicted molar refractivity (Wildman–Crippen MR) is 97.4 cm³/mol. The lowest BCUT2D eigenvalue weighted by atomic mass is 10.2. The molecule has 2 N–H and O–H groups in total. The van der Waals surface area contributed by atoms with Gasteiger partial charge in [0.2, 0.25) is 10.0 Å². The molecule has 0 unspecified atom stereocenters. The van der Waals surface area contributed by atoms with Crippen molar-refractivity contribution in [1.82, 2.24) is 0 Å². The number of nitrogens with one attached hydrogen (secondary N) is 2. The van der Waals surface area contributed by atoms with Gasteiger partial charge in [0.05, 0.1) is 23.1 Å². The van der Waals surface area contributed by atoms with Gasteiger partial charge >= 0.3 is 5.97 Å². The fourth-order valence-corrected chi connectivity index (χ4v) is 3.25. The fraction of sp³-hybridized carbons (Fsp3) is 0.188. The van der Waals surface area contributed by atoms with Crippen molar-refractivity contribution in [2.24, 2.45) is 0 Å². The molecule has 1 atom stereocenters. The monoisotopic (exact) mass is 393 g/mol. The number of nitrogens with zero attached hydrogens (tertiary/aromatic N) is 1. The van der Waals surface area contributed by atoms with Crippen molar-refractivity contribution in [3.05, 3.63) is 46.8 Å². The second-order valence-corrected chi connectivity index (χ2v) is 7.90. The molecule has 0 aliphatic carbocycles. The van der Waals surface area contributed by atoms with E-state index >= 15 is 0 Å². The van der Waals surface area contributed by atoms with Crippen LogP contribution in [0.15, 0.2) is 35.7 Å². The zero-order chi connectivity index (χ0) is 19.3. The summed E-state index contributed by atoms with van der Waals surface area (Å²) in [4.78, 5) is 24.5. The number of carbonyl (C=O) groups is 2. The third-order valence-electron chi connectivity index (χ3n) is 3.12. The van der Waals surface area contributed by atoms with Gasteiger partial charge in [-0.05, 0) is 30.5 Å². The number of benzene rings is 1. The van der Waals surface area contributed by atoms with Gasteiger partial charge in [-0.15, -0.1) is 11.3 Å². The largest absolute Gasteiger partial charge is 0.449 e. The van der Waals surface area contributed by atoms with Crippen molar-refractivity contribution in [2.45, 2.75) is 13.0 Å². The lowest BCUT2D eigenvalue weighted by molar-refractivity contribution is -0.123. The number of nitriles is 1. The Hall–Kier alpha value is -2.90. The van der Waals surface area contributed by atoms with E-state index in [0.29, 0.717) is 10.6 Å². The van der Waals surface area contributed by atoms with Crippen molar-refractivity contribution in [3.63, 3.8) is 0 Å². The van der Waals surface area contributed by atoms with Crippen LogP contribution in [0.25, 0.3) is 0 Å². The zero-order valence-electron chi connectivity index (χ0n) is 13.8. The Kier molecular flexibility index (Phi) is 5.97. The minimum atomic E-state index is -3.59. The highest BCUT2D eigenvalue weighted by molar-refractivity contribution is 7.92. The van der Waals surface area contributed by atoms with Crippen LogP contribution in [0.2, 0.25) is 0 Å². The fourth-order valence-electron chi connectivity index (χ4n) is 1.94. The smallest absolute Gasteiger partial charge is 0.341 e. The van der Waals surface area contributed by atoms with Crippen molar-refractivity contribution >= 4 is 43.9 Å². The molecule has 0 fully saturated rings.